The topological polar surface area (TPSA) is 40.6 Å². The van der Waals surface area contributed by atoms with Gasteiger partial charge in [0.05, 0.1) is 11.3 Å². The summed E-state index contributed by atoms with van der Waals surface area (Å²) in [5, 5.41) is 1.82. The number of rotatable bonds is 3. The number of carbonyl (C=O) groups excluding carboxylic acids is 2. The van der Waals surface area contributed by atoms with Crippen molar-refractivity contribution in [2.45, 2.75) is 19.3 Å². The molecule has 3 heterocycles. The van der Waals surface area contributed by atoms with E-state index in [9.17, 15) is 18.4 Å². The third-order valence-electron chi connectivity index (χ3n) is 4.65. The van der Waals surface area contributed by atoms with Gasteiger partial charge in [0.25, 0.3) is 11.8 Å². The SMILES string of the molecule is O=C1C(c2cccs2)=C(N2CCCCC2)C(=O)N1c1cc(F)ccc1F. The van der Waals surface area contributed by atoms with Crippen molar-refractivity contribution in [2.75, 3.05) is 18.0 Å². The highest BCUT2D eigenvalue weighted by Gasteiger charge is 2.44. The van der Waals surface area contributed by atoms with Gasteiger partial charge in [-0.2, -0.15) is 0 Å². The van der Waals surface area contributed by atoms with E-state index in [4.69, 9.17) is 0 Å². The number of likely N-dealkylation sites (tertiary alicyclic amines) is 1. The molecule has 0 spiro atoms. The van der Waals surface area contributed by atoms with E-state index in [0.29, 0.717) is 23.7 Å². The van der Waals surface area contributed by atoms with E-state index in [2.05, 4.69) is 0 Å². The van der Waals surface area contributed by atoms with Crippen molar-refractivity contribution < 1.29 is 18.4 Å². The van der Waals surface area contributed by atoms with Crippen molar-refractivity contribution in [3.05, 3.63) is 57.9 Å². The Kier molecular flexibility index (Phi) is 4.32. The third-order valence-corrected chi connectivity index (χ3v) is 5.54. The quantitative estimate of drug-likeness (QED) is 0.768. The van der Waals surface area contributed by atoms with Gasteiger partial charge in [-0.3, -0.25) is 9.59 Å². The molecule has 1 fully saturated rings. The fraction of sp³-hybridized carbons (Fsp3) is 0.263. The van der Waals surface area contributed by atoms with Crippen molar-refractivity contribution >= 4 is 34.4 Å². The molecule has 1 aromatic carbocycles. The molecule has 4 rings (SSSR count). The molecule has 0 saturated carbocycles. The van der Waals surface area contributed by atoms with Crippen molar-refractivity contribution in [3.63, 3.8) is 0 Å². The molecule has 0 aliphatic carbocycles. The smallest absolute Gasteiger partial charge is 0.282 e. The van der Waals surface area contributed by atoms with E-state index < -0.39 is 23.4 Å². The van der Waals surface area contributed by atoms with Crippen LogP contribution in [0, 0.1) is 11.6 Å². The van der Waals surface area contributed by atoms with Crippen LogP contribution in [0.3, 0.4) is 0 Å². The monoisotopic (exact) mass is 374 g/mol. The second-order valence-electron chi connectivity index (χ2n) is 6.29. The molecule has 7 heteroatoms. The average Bonchev–Trinajstić information content (AvgIpc) is 3.24. The zero-order chi connectivity index (χ0) is 18.3. The van der Waals surface area contributed by atoms with E-state index in [0.717, 1.165) is 42.4 Å². The van der Waals surface area contributed by atoms with Crippen LogP contribution in [-0.2, 0) is 9.59 Å². The first kappa shape index (κ1) is 16.9. The largest absolute Gasteiger partial charge is 0.366 e. The Balaban J connectivity index is 1.84. The molecule has 0 radical (unpaired) electrons. The Morgan fingerprint density at radius 2 is 1.73 bits per heavy atom. The summed E-state index contributed by atoms with van der Waals surface area (Å²) in [6, 6.07) is 6.33. The molecular weight excluding hydrogens is 358 g/mol. The lowest BCUT2D eigenvalue weighted by Gasteiger charge is -2.29. The second kappa shape index (κ2) is 6.64. The highest BCUT2D eigenvalue weighted by Crippen LogP contribution is 2.38. The van der Waals surface area contributed by atoms with E-state index in [1.807, 2.05) is 10.3 Å². The summed E-state index contributed by atoms with van der Waals surface area (Å²) in [4.78, 5) is 29.5. The van der Waals surface area contributed by atoms with Gasteiger partial charge in [-0.25, -0.2) is 13.7 Å². The summed E-state index contributed by atoms with van der Waals surface area (Å²) in [5.41, 5.74) is 0.220. The van der Waals surface area contributed by atoms with E-state index in [1.165, 1.54) is 11.3 Å². The van der Waals surface area contributed by atoms with Gasteiger partial charge in [-0.05, 0) is 42.8 Å². The summed E-state index contributed by atoms with van der Waals surface area (Å²) in [6.45, 7) is 1.34. The number of benzene rings is 1. The molecule has 4 nitrogen and oxygen atoms in total. The number of hydrogen-bond donors (Lipinski definition) is 0. The van der Waals surface area contributed by atoms with E-state index >= 15 is 0 Å². The molecule has 2 aromatic rings. The van der Waals surface area contributed by atoms with Gasteiger partial charge in [-0.1, -0.05) is 6.07 Å². The Labute approximate surface area is 153 Å². The molecule has 0 unspecified atom stereocenters. The minimum absolute atomic E-state index is 0.274. The van der Waals surface area contributed by atoms with E-state index in [1.54, 1.807) is 12.1 Å². The molecule has 134 valence electrons. The minimum atomic E-state index is -0.807. The van der Waals surface area contributed by atoms with Crippen molar-refractivity contribution in [3.8, 4) is 0 Å². The van der Waals surface area contributed by atoms with Crippen LogP contribution in [0.4, 0.5) is 14.5 Å². The van der Waals surface area contributed by atoms with Gasteiger partial charge < -0.3 is 4.90 Å². The zero-order valence-electron chi connectivity index (χ0n) is 13.9. The number of carbonyl (C=O) groups is 2. The predicted molar refractivity (Wildman–Crippen MR) is 95.5 cm³/mol. The first-order valence-corrected chi connectivity index (χ1v) is 9.33. The first-order chi connectivity index (χ1) is 12.6. The van der Waals surface area contributed by atoms with Gasteiger partial charge in [0.1, 0.15) is 17.3 Å². The lowest BCUT2D eigenvalue weighted by Crippen LogP contribution is -2.37. The van der Waals surface area contributed by atoms with Gasteiger partial charge in [0.15, 0.2) is 0 Å². The summed E-state index contributed by atoms with van der Waals surface area (Å²) in [7, 11) is 0. The zero-order valence-corrected chi connectivity index (χ0v) is 14.7. The lowest BCUT2D eigenvalue weighted by atomic mass is 10.1. The highest BCUT2D eigenvalue weighted by atomic mass is 32.1. The maximum Gasteiger partial charge on any atom is 0.282 e. The normalized spacial score (nSPS) is 18.2. The maximum absolute atomic E-state index is 14.3. The van der Waals surface area contributed by atoms with Gasteiger partial charge in [0.2, 0.25) is 0 Å². The molecule has 0 bridgehead atoms. The predicted octanol–water partition coefficient (Wildman–Crippen LogP) is 3.80. The minimum Gasteiger partial charge on any atom is -0.366 e. The van der Waals surface area contributed by atoms with Crippen LogP contribution in [0.25, 0.3) is 5.57 Å². The molecule has 26 heavy (non-hydrogen) atoms. The van der Waals surface area contributed by atoms with Crippen molar-refractivity contribution in [2.24, 2.45) is 0 Å². The second-order valence-corrected chi connectivity index (χ2v) is 7.24. The van der Waals surface area contributed by atoms with Crippen LogP contribution in [0.2, 0.25) is 0 Å². The number of hydrogen-bond acceptors (Lipinski definition) is 4. The fourth-order valence-corrected chi connectivity index (χ4v) is 4.21. The Hall–Kier alpha value is -2.54. The Morgan fingerprint density at radius 1 is 0.962 bits per heavy atom. The number of halogens is 2. The fourth-order valence-electron chi connectivity index (χ4n) is 3.45. The van der Waals surface area contributed by atoms with Crippen LogP contribution in [-0.4, -0.2) is 29.8 Å². The van der Waals surface area contributed by atoms with Crippen LogP contribution in [0.1, 0.15) is 24.1 Å². The van der Waals surface area contributed by atoms with Crippen LogP contribution in [0.5, 0.6) is 0 Å². The Bertz CT molecular complexity index is 902. The van der Waals surface area contributed by atoms with Crippen LogP contribution >= 0.6 is 11.3 Å². The first-order valence-electron chi connectivity index (χ1n) is 8.45. The van der Waals surface area contributed by atoms with Gasteiger partial charge >= 0.3 is 0 Å². The summed E-state index contributed by atoms with van der Waals surface area (Å²) in [5.74, 6) is -2.71. The molecule has 2 amide bonds. The molecular formula is C19H16F2N2O2S. The lowest BCUT2D eigenvalue weighted by molar-refractivity contribution is -0.120. The van der Waals surface area contributed by atoms with Crippen LogP contribution in [0.15, 0.2) is 41.4 Å². The molecule has 0 atom stereocenters. The van der Waals surface area contributed by atoms with Gasteiger partial charge in [-0.15, -0.1) is 11.3 Å². The van der Waals surface area contributed by atoms with Crippen molar-refractivity contribution in [1.82, 2.24) is 4.90 Å². The standard InChI is InChI=1S/C19H16F2N2O2S/c20-12-6-7-13(21)14(11-12)23-18(24)16(15-5-4-10-26-15)17(19(23)25)22-8-2-1-3-9-22/h4-7,10-11H,1-3,8-9H2. The summed E-state index contributed by atoms with van der Waals surface area (Å²) < 4.78 is 27.9. The number of piperidine rings is 1. The maximum atomic E-state index is 14.3. The number of imide groups is 1. The molecule has 2 aliphatic rings. The number of amides is 2. The highest BCUT2D eigenvalue weighted by molar-refractivity contribution is 7.11. The summed E-state index contributed by atoms with van der Waals surface area (Å²) in [6.07, 6.45) is 2.93. The molecule has 2 aliphatic heterocycles. The average molecular weight is 374 g/mol. The number of anilines is 1. The molecule has 1 aromatic heterocycles. The number of thiophene rings is 1. The molecule has 0 N–H and O–H groups in total. The number of nitrogens with zero attached hydrogens (tertiary/aromatic N) is 2. The van der Waals surface area contributed by atoms with Gasteiger partial charge in [0, 0.05) is 24.0 Å². The Morgan fingerprint density at radius 3 is 2.42 bits per heavy atom. The van der Waals surface area contributed by atoms with Crippen LogP contribution < -0.4 is 4.90 Å². The third kappa shape index (κ3) is 2.72. The molecule has 1 saturated heterocycles. The summed E-state index contributed by atoms with van der Waals surface area (Å²) >= 11 is 1.35. The van der Waals surface area contributed by atoms with Crippen molar-refractivity contribution in [1.29, 1.82) is 0 Å². The van der Waals surface area contributed by atoms with E-state index in [-0.39, 0.29) is 11.3 Å².